The van der Waals surface area contributed by atoms with Crippen molar-refractivity contribution in [3.63, 3.8) is 0 Å². The molecule has 0 aromatic heterocycles. The van der Waals surface area contributed by atoms with Gasteiger partial charge in [-0.2, -0.15) is 0 Å². The van der Waals surface area contributed by atoms with Crippen molar-refractivity contribution in [2.75, 3.05) is 31.7 Å². The number of primary amides is 1. The minimum atomic E-state index is -0.842. The Morgan fingerprint density at radius 1 is 1.06 bits per heavy atom. The van der Waals surface area contributed by atoms with E-state index in [1.165, 1.54) is 25.3 Å². The second kappa shape index (κ2) is 11.3. The summed E-state index contributed by atoms with van der Waals surface area (Å²) in [6.45, 7) is -1.18. The normalized spacial score (nSPS) is 10.1. The SMILES string of the molecule is COc1ccccc1C(=O)NCC(=O)OCC(=O)N(CCC(N)=O)c1ccc(F)cc1. The summed E-state index contributed by atoms with van der Waals surface area (Å²) in [6.07, 6.45) is -0.133. The highest BCUT2D eigenvalue weighted by molar-refractivity contribution is 5.99. The van der Waals surface area contributed by atoms with Crippen LogP contribution in [0.2, 0.25) is 0 Å². The van der Waals surface area contributed by atoms with E-state index in [4.69, 9.17) is 15.2 Å². The molecule has 0 aliphatic rings. The van der Waals surface area contributed by atoms with Crippen LogP contribution in [0.25, 0.3) is 0 Å². The van der Waals surface area contributed by atoms with Gasteiger partial charge < -0.3 is 25.4 Å². The van der Waals surface area contributed by atoms with E-state index in [1.807, 2.05) is 0 Å². The van der Waals surface area contributed by atoms with E-state index in [0.29, 0.717) is 11.4 Å². The predicted molar refractivity (Wildman–Crippen MR) is 109 cm³/mol. The minimum Gasteiger partial charge on any atom is -0.496 e. The number of amides is 3. The fourth-order valence-electron chi connectivity index (χ4n) is 2.59. The van der Waals surface area contributed by atoms with Crippen LogP contribution in [0.1, 0.15) is 16.8 Å². The highest BCUT2D eigenvalue weighted by Gasteiger charge is 2.19. The first-order valence-electron chi connectivity index (χ1n) is 9.23. The molecule has 0 aliphatic carbocycles. The molecule has 0 bridgehead atoms. The van der Waals surface area contributed by atoms with Crippen LogP contribution in [0.5, 0.6) is 5.75 Å². The molecule has 0 radical (unpaired) electrons. The second-order valence-corrected chi connectivity index (χ2v) is 6.28. The highest BCUT2D eigenvalue weighted by atomic mass is 19.1. The van der Waals surface area contributed by atoms with Gasteiger partial charge in [0, 0.05) is 18.7 Å². The molecule has 0 atom stereocenters. The average Bonchev–Trinajstić information content (AvgIpc) is 2.77. The molecule has 31 heavy (non-hydrogen) atoms. The number of benzene rings is 2. The summed E-state index contributed by atoms with van der Waals surface area (Å²) in [6, 6.07) is 11.5. The van der Waals surface area contributed by atoms with Gasteiger partial charge in [0.2, 0.25) is 5.91 Å². The van der Waals surface area contributed by atoms with E-state index in [0.717, 1.165) is 17.0 Å². The highest BCUT2D eigenvalue weighted by Crippen LogP contribution is 2.17. The van der Waals surface area contributed by atoms with Crippen LogP contribution in [-0.2, 0) is 19.1 Å². The maximum atomic E-state index is 13.2. The number of ether oxygens (including phenoxy) is 2. The quantitative estimate of drug-likeness (QED) is 0.541. The first kappa shape index (κ1) is 23.3. The number of nitrogens with zero attached hydrogens (tertiary/aromatic N) is 1. The lowest BCUT2D eigenvalue weighted by Gasteiger charge is -2.22. The van der Waals surface area contributed by atoms with Gasteiger partial charge in [-0.25, -0.2) is 4.39 Å². The number of hydrogen-bond donors (Lipinski definition) is 2. The van der Waals surface area contributed by atoms with E-state index in [9.17, 15) is 23.6 Å². The molecule has 10 heteroatoms. The van der Waals surface area contributed by atoms with Crippen molar-refractivity contribution in [3.8, 4) is 5.75 Å². The van der Waals surface area contributed by atoms with Crippen molar-refractivity contribution in [2.45, 2.75) is 6.42 Å². The third-order valence-electron chi connectivity index (χ3n) is 4.12. The minimum absolute atomic E-state index is 0.0676. The van der Waals surface area contributed by atoms with Crippen LogP contribution >= 0.6 is 0 Å². The van der Waals surface area contributed by atoms with E-state index in [1.54, 1.807) is 18.2 Å². The molecule has 0 aliphatic heterocycles. The van der Waals surface area contributed by atoms with Crippen LogP contribution in [-0.4, -0.2) is 50.5 Å². The molecule has 3 N–H and O–H groups in total. The second-order valence-electron chi connectivity index (χ2n) is 6.28. The maximum Gasteiger partial charge on any atom is 0.325 e. The molecule has 0 spiro atoms. The first-order valence-corrected chi connectivity index (χ1v) is 9.23. The third kappa shape index (κ3) is 7.11. The molecule has 0 saturated heterocycles. The Hall–Kier alpha value is -3.95. The molecule has 2 rings (SSSR count). The first-order chi connectivity index (χ1) is 14.8. The standard InChI is InChI=1S/C21H22FN3O6/c1-30-17-5-3-2-4-16(17)21(29)24-12-20(28)31-13-19(27)25(11-10-18(23)26)15-8-6-14(22)7-9-15/h2-9H,10-13H2,1H3,(H2,23,26)(H,24,29). The average molecular weight is 431 g/mol. The summed E-state index contributed by atoms with van der Waals surface area (Å²) in [5.74, 6) is -2.81. The van der Waals surface area contributed by atoms with Crippen molar-refractivity contribution >= 4 is 29.4 Å². The van der Waals surface area contributed by atoms with E-state index in [2.05, 4.69) is 5.32 Å². The molecule has 0 heterocycles. The lowest BCUT2D eigenvalue weighted by molar-refractivity contribution is -0.146. The molecule has 2 aromatic carbocycles. The summed E-state index contributed by atoms with van der Waals surface area (Å²) >= 11 is 0. The number of anilines is 1. The largest absolute Gasteiger partial charge is 0.496 e. The topological polar surface area (TPSA) is 128 Å². The number of carbonyl (C=O) groups excluding carboxylic acids is 4. The Morgan fingerprint density at radius 3 is 2.39 bits per heavy atom. The lowest BCUT2D eigenvalue weighted by Crippen LogP contribution is -2.38. The fraction of sp³-hybridized carbons (Fsp3) is 0.238. The van der Waals surface area contributed by atoms with Crippen LogP contribution in [0.4, 0.5) is 10.1 Å². The van der Waals surface area contributed by atoms with Gasteiger partial charge in [0.05, 0.1) is 12.7 Å². The predicted octanol–water partition coefficient (Wildman–Crippen LogP) is 1.02. The number of halogens is 1. The van der Waals surface area contributed by atoms with Crippen molar-refractivity contribution in [2.24, 2.45) is 5.73 Å². The van der Waals surface area contributed by atoms with Gasteiger partial charge in [-0.15, -0.1) is 0 Å². The number of nitrogens with two attached hydrogens (primary N) is 1. The fourth-order valence-corrected chi connectivity index (χ4v) is 2.59. The van der Waals surface area contributed by atoms with Crippen molar-refractivity contribution < 1.29 is 33.0 Å². The zero-order chi connectivity index (χ0) is 22.8. The van der Waals surface area contributed by atoms with Gasteiger partial charge in [0.15, 0.2) is 6.61 Å². The molecule has 164 valence electrons. The van der Waals surface area contributed by atoms with Gasteiger partial charge in [0.25, 0.3) is 11.8 Å². The van der Waals surface area contributed by atoms with Crippen LogP contribution < -0.4 is 20.7 Å². The van der Waals surface area contributed by atoms with Gasteiger partial charge in [-0.3, -0.25) is 19.2 Å². The summed E-state index contributed by atoms with van der Waals surface area (Å²) in [7, 11) is 1.41. The Labute approximate surface area is 177 Å². The molecular formula is C21H22FN3O6. The summed E-state index contributed by atoms with van der Waals surface area (Å²) in [4.78, 5) is 48.9. The number of para-hydroxylation sites is 1. The summed E-state index contributed by atoms with van der Waals surface area (Å²) in [5, 5.41) is 2.38. The number of methoxy groups -OCH3 is 1. The number of rotatable bonds is 10. The van der Waals surface area contributed by atoms with Crippen molar-refractivity contribution in [3.05, 3.63) is 59.9 Å². The molecule has 2 aromatic rings. The molecule has 0 unspecified atom stereocenters. The molecular weight excluding hydrogens is 409 g/mol. The molecule has 3 amide bonds. The van der Waals surface area contributed by atoms with Gasteiger partial charge in [-0.05, 0) is 36.4 Å². The van der Waals surface area contributed by atoms with Crippen LogP contribution in [0.15, 0.2) is 48.5 Å². The van der Waals surface area contributed by atoms with Gasteiger partial charge in [0.1, 0.15) is 18.1 Å². The van der Waals surface area contributed by atoms with Gasteiger partial charge in [-0.1, -0.05) is 12.1 Å². The van der Waals surface area contributed by atoms with Crippen molar-refractivity contribution in [1.82, 2.24) is 5.32 Å². The van der Waals surface area contributed by atoms with Gasteiger partial charge >= 0.3 is 5.97 Å². The Balaban J connectivity index is 1.92. The van der Waals surface area contributed by atoms with Crippen LogP contribution in [0, 0.1) is 5.82 Å². The summed E-state index contributed by atoms with van der Waals surface area (Å²) in [5.41, 5.74) is 5.68. The maximum absolute atomic E-state index is 13.2. The monoisotopic (exact) mass is 431 g/mol. The number of esters is 1. The zero-order valence-corrected chi connectivity index (χ0v) is 16.8. The number of hydrogen-bond acceptors (Lipinski definition) is 6. The van der Waals surface area contributed by atoms with Crippen molar-refractivity contribution in [1.29, 1.82) is 0 Å². The molecule has 0 saturated carbocycles. The Bertz CT molecular complexity index is 948. The Kier molecular flexibility index (Phi) is 8.50. The molecule has 0 fully saturated rings. The van der Waals surface area contributed by atoms with E-state index >= 15 is 0 Å². The molecule has 9 nitrogen and oxygen atoms in total. The van der Waals surface area contributed by atoms with E-state index in [-0.39, 0.29) is 18.5 Å². The lowest BCUT2D eigenvalue weighted by atomic mass is 10.2. The third-order valence-corrected chi connectivity index (χ3v) is 4.12. The number of nitrogens with one attached hydrogen (secondary N) is 1. The Morgan fingerprint density at radius 2 is 1.74 bits per heavy atom. The smallest absolute Gasteiger partial charge is 0.325 e. The van der Waals surface area contributed by atoms with E-state index < -0.39 is 42.7 Å². The number of carbonyl (C=O) groups is 4. The summed E-state index contributed by atoms with van der Waals surface area (Å²) < 4.78 is 23.1. The zero-order valence-electron chi connectivity index (χ0n) is 16.8. The van der Waals surface area contributed by atoms with Crippen LogP contribution in [0.3, 0.4) is 0 Å².